The smallest absolute Gasteiger partial charge is 0.174 e. The molecule has 1 heterocycles. The molecule has 0 amide bonds. The number of fused-ring (bicyclic) bond motifs is 1. The summed E-state index contributed by atoms with van der Waals surface area (Å²) in [5.74, 6) is 1.72. The number of ether oxygens (including phenoxy) is 2. The summed E-state index contributed by atoms with van der Waals surface area (Å²) in [5, 5.41) is 0. The van der Waals surface area contributed by atoms with E-state index >= 15 is 0 Å². The second kappa shape index (κ2) is 3.65. The molecule has 0 unspecified atom stereocenters. The van der Waals surface area contributed by atoms with Gasteiger partial charge in [-0.2, -0.15) is 0 Å². The van der Waals surface area contributed by atoms with Crippen molar-refractivity contribution < 1.29 is 9.47 Å². The molecule has 0 aromatic heterocycles. The zero-order valence-electron chi connectivity index (χ0n) is 7.06. The van der Waals surface area contributed by atoms with Gasteiger partial charge in [0.15, 0.2) is 11.5 Å². The standard InChI is InChI=1S/C9H8BrIO2/c1-5-6(10)4-7-9(8(5)11)13-3-2-12-7/h4H,2-3H2,1H3. The van der Waals surface area contributed by atoms with E-state index in [4.69, 9.17) is 9.47 Å². The molecule has 0 atom stereocenters. The molecule has 70 valence electrons. The zero-order valence-corrected chi connectivity index (χ0v) is 10.8. The van der Waals surface area contributed by atoms with Gasteiger partial charge in [0.1, 0.15) is 13.2 Å². The highest BCUT2D eigenvalue weighted by atomic mass is 127. The summed E-state index contributed by atoms with van der Waals surface area (Å²) >= 11 is 5.76. The van der Waals surface area contributed by atoms with Gasteiger partial charge in [-0.3, -0.25) is 0 Å². The Hall–Kier alpha value is 0.0300. The monoisotopic (exact) mass is 354 g/mol. The lowest BCUT2D eigenvalue weighted by atomic mass is 10.2. The van der Waals surface area contributed by atoms with E-state index in [1.807, 2.05) is 6.07 Å². The summed E-state index contributed by atoms with van der Waals surface area (Å²) in [5.41, 5.74) is 1.20. The Bertz CT molecular complexity index is 352. The first-order valence-electron chi connectivity index (χ1n) is 3.94. The maximum Gasteiger partial charge on any atom is 0.174 e. The van der Waals surface area contributed by atoms with Crippen molar-refractivity contribution in [3.05, 3.63) is 19.7 Å². The van der Waals surface area contributed by atoms with E-state index in [1.165, 1.54) is 5.56 Å². The molecule has 2 rings (SSSR count). The van der Waals surface area contributed by atoms with Gasteiger partial charge in [0, 0.05) is 4.47 Å². The van der Waals surface area contributed by atoms with E-state index in [2.05, 4.69) is 45.4 Å². The van der Waals surface area contributed by atoms with Crippen molar-refractivity contribution in [3.8, 4) is 11.5 Å². The van der Waals surface area contributed by atoms with E-state index < -0.39 is 0 Å². The molecule has 0 radical (unpaired) electrons. The molecule has 13 heavy (non-hydrogen) atoms. The molecule has 2 nitrogen and oxygen atoms in total. The van der Waals surface area contributed by atoms with Crippen LogP contribution in [0, 0.1) is 10.5 Å². The fraction of sp³-hybridized carbons (Fsp3) is 0.333. The zero-order chi connectivity index (χ0) is 9.42. The molecular formula is C9H8BrIO2. The van der Waals surface area contributed by atoms with Crippen molar-refractivity contribution in [2.75, 3.05) is 13.2 Å². The second-order valence-electron chi connectivity index (χ2n) is 2.82. The van der Waals surface area contributed by atoms with E-state index in [0.717, 1.165) is 19.5 Å². The first kappa shape index (κ1) is 9.58. The van der Waals surface area contributed by atoms with Gasteiger partial charge in [-0.05, 0) is 41.1 Å². The lowest BCUT2D eigenvalue weighted by Gasteiger charge is -2.21. The molecule has 1 aromatic carbocycles. The topological polar surface area (TPSA) is 18.5 Å². The van der Waals surface area contributed by atoms with Crippen molar-refractivity contribution in [1.29, 1.82) is 0 Å². The van der Waals surface area contributed by atoms with Crippen LogP contribution in [0.15, 0.2) is 10.5 Å². The molecule has 0 bridgehead atoms. The van der Waals surface area contributed by atoms with Gasteiger partial charge in [0.25, 0.3) is 0 Å². The Kier molecular flexibility index (Phi) is 2.69. The molecular weight excluding hydrogens is 347 g/mol. The summed E-state index contributed by atoms with van der Waals surface area (Å²) in [7, 11) is 0. The molecule has 1 aliphatic rings. The number of rotatable bonds is 0. The van der Waals surface area contributed by atoms with E-state index in [-0.39, 0.29) is 0 Å². The Morgan fingerprint density at radius 2 is 2.08 bits per heavy atom. The molecule has 1 aromatic rings. The van der Waals surface area contributed by atoms with Gasteiger partial charge >= 0.3 is 0 Å². The normalized spacial score (nSPS) is 14.4. The van der Waals surface area contributed by atoms with Crippen molar-refractivity contribution in [2.24, 2.45) is 0 Å². The molecule has 1 aliphatic heterocycles. The number of hydrogen-bond acceptors (Lipinski definition) is 2. The van der Waals surface area contributed by atoms with Crippen LogP contribution < -0.4 is 9.47 Å². The lowest BCUT2D eigenvalue weighted by Crippen LogP contribution is -2.16. The van der Waals surface area contributed by atoms with Crippen molar-refractivity contribution in [1.82, 2.24) is 0 Å². The minimum atomic E-state index is 0.637. The number of hydrogen-bond donors (Lipinski definition) is 0. The number of benzene rings is 1. The second-order valence-corrected chi connectivity index (χ2v) is 4.75. The third-order valence-electron chi connectivity index (χ3n) is 1.96. The van der Waals surface area contributed by atoms with Crippen LogP contribution in [-0.2, 0) is 0 Å². The largest absolute Gasteiger partial charge is 0.486 e. The number of halogens is 2. The summed E-state index contributed by atoms with van der Waals surface area (Å²) in [6, 6.07) is 1.96. The Morgan fingerprint density at radius 1 is 1.38 bits per heavy atom. The molecule has 0 saturated carbocycles. The lowest BCUT2D eigenvalue weighted by molar-refractivity contribution is 0.170. The third-order valence-corrected chi connectivity index (χ3v) is 4.08. The van der Waals surface area contributed by atoms with Gasteiger partial charge in [-0.1, -0.05) is 15.9 Å². The van der Waals surface area contributed by atoms with Crippen LogP contribution in [0.5, 0.6) is 11.5 Å². The molecule has 0 N–H and O–H groups in total. The Balaban J connectivity index is 2.60. The average Bonchev–Trinajstić information content (AvgIpc) is 2.15. The highest BCUT2D eigenvalue weighted by molar-refractivity contribution is 14.1. The minimum absolute atomic E-state index is 0.637. The first-order chi connectivity index (χ1) is 6.20. The highest BCUT2D eigenvalue weighted by Gasteiger charge is 2.18. The fourth-order valence-electron chi connectivity index (χ4n) is 1.21. The van der Waals surface area contributed by atoms with Crippen LogP contribution in [0.3, 0.4) is 0 Å². The van der Waals surface area contributed by atoms with Crippen molar-refractivity contribution in [3.63, 3.8) is 0 Å². The van der Waals surface area contributed by atoms with Crippen LogP contribution in [0.2, 0.25) is 0 Å². The predicted octanol–water partition coefficient (Wildman–Crippen LogP) is 3.13. The van der Waals surface area contributed by atoms with Gasteiger partial charge in [0.05, 0.1) is 3.57 Å². The summed E-state index contributed by atoms with van der Waals surface area (Å²) < 4.78 is 13.2. The summed E-state index contributed by atoms with van der Waals surface area (Å²) in [6.45, 7) is 3.34. The Labute approximate surface area is 98.9 Å². The average molecular weight is 355 g/mol. The van der Waals surface area contributed by atoms with Crippen LogP contribution in [0.4, 0.5) is 0 Å². The van der Waals surface area contributed by atoms with Gasteiger partial charge in [0.2, 0.25) is 0 Å². The van der Waals surface area contributed by atoms with Gasteiger partial charge in [-0.25, -0.2) is 0 Å². The quantitative estimate of drug-likeness (QED) is 0.666. The van der Waals surface area contributed by atoms with Gasteiger partial charge in [-0.15, -0.1) is 0 Å². The van der Waals surface area contributed by atoms with Crippen LogP contribution in [0.25, 0.3) is 0 Å². The molecule has 0 spiro atoms. The van der Waals surface area contributed by atoms with Crippen molar-refractivity contribution >= 4 is 38.5 Å². The molecule has 0 fully saturated rings. The van der Waals surface area contributed by atoms with E-state index in [1.54, 1.807) is 0 Å². The summed E-state index contributed by atoms with van der Waals surface area (Å²) in [6.07, 6.45) is 0. The van der Waals surface area contributed by atoms with E-state index in [9.17, 15) is 0 Å². The Morgan fingerprint density at radius 3 is 2.85 bits per heavy atom. The first-order valence-corrected chi connectivity index (χ1v) is 5.81. The van der Waals surface area contributed by atoms with Gasteiger partial charge < -0.3 is 9.47 Å². The van der Waals surface area contributed by atoms with Crippen LogP contribution in [-0.4, -0.2) is 13.2 Å². The van der Waals surface area contributed by atoms with Crippen LogP contribution in [0.1, 0.15) is 5.56 Å². The third kappa shape index (κ3) is 1.66. The maximum atomic E-state index is 5.54. The molecule has 0 aliphatic carbocycles. The van der Waals surface area contributed by atoms with E-state index in [0.29, 0.717) is 13.2 Å². The fourth-order valence-corrected chi connectivity index (χ4v) is 2.70. The maximum absolute atomic E-state index is 5.54. The predicted molar refractivity (Wildman–Crippen MR) is 62.6 cm³/mol. The SMILES string of the molecule is Cc1c(Br)cc2c(c1I)OCCO2. The van der Waals surface area contributed by atoms with Crippen molar-refractivity contribution in [2.45, 2.75) is 6.92 Å². The molecule has 0 saturated heterocycles. The summed E-state index contributed by atoms with van der Waals surface area (Å²) in [4.78, 5) is 0. The molecule has 4 heteroatoms. The minimum Gasteiger partial charge on any atom is -0.486 e. The van der Waals surface area contributed by atoms with Crippen LogP contribution >= 0.6 is 38.5 Å². The highest BCUT2D eigenvalue weighted by Crippen LogP contribution is 2.40.